The van der Waals surface area contributed by atoms with Gasteiger partial charge in [0.1, 0.15) is 11.6 Å². The lowest BCUT2D eigenvalue weighted by Crippen LogP contribution is -2.34. The van der Waals surface area contributed by atoms with Crippen LogP contribution in [-0.4, -0.2) is 54.6 Å². The zero-order valence-electron chi connectivity index (χ0n) is 11.6. The first-order valence-corrected chi connectivity index (χ1v) is 6.56. The third kappa shape index (κ3) is 2.97. The predicted molar refractivity (Wildman–Crippen MR) is 73.8 cm³/mol. The smallest absolute Gasteiger partial charge is 0.132 e. The van der Waals surface area contributed by atoms with Crippen molar-refractivity contribution in [3.8, 4) is 0 Å². The van der Waals surface area contributed by atoms with Gasteiger partial charge in [-0.15, -0.1) is 0 Å². The molecule has 5 heteroatoms. The van der Waals surface area contributed by atoms with Crippen LogP contribution in [0.1, 0.15) is 17.9 Å². The summed E-state index contributed by atoms with van der Waals surface area (Å²) >= 11 is 0. The zero-order valence-corrected chi connectivity index (χ0v) is 11.6. The highest BCUT2D eigenvalue weighted by molar-refractivity contribution is 5.40. The van der Waals surface area contributed by atoms with Gasteiger partial charge < -0.3 is 15.5 Å². The van der Waals surface area contributed by atoms with Crippen LogP contribution >= 0.6 is 0 Å². The second-order valence-corrected chi connectivity index (χ2v) is 5.12. The Bertz CT molecular complexity index is 406. The molecule has 0 aromatic carbocycles. The van der Waals surface area contributed by atoms with Crippen LogP contribution in [0, 0.1) is 6.92 Å². The summed E-state index contributed by atoms with van der Waals surface area (Å²) < 4.78 is 0. The Balaban J connectivity index is 2.16. The molecule has 2 heterocycles. The van der Waals surface area contributed by atoms with E-state index in [9.17, 15) is 0 Å². The first-order chi connectivity index (χ1) is 8.60. The van der Waals surface area contributed by atoms with Gasteiger partial charge in [-0.3, -0.25) is 0 Å². The second kappa shape index (κ2) is 5.63. The van der Waals surface area contributed by atoms with E-state index in [0.29, 0.717) is 12.6 Å². The minimum Gasteiger partial charge on any atom is -0.355 e. The number of hydrogen-bond donors (Lipinski definition) is 1. The van der Waals surface area contributed by atoms with Gasteiger partial charge in [0.15, 0.2) is 0 Å². The van der Waals surface area contributed by atoms with Crippen LogP contribution in [0.5, 0.6) is 0 Å². The molecule has 0 spiro atoms. The standard InChI is InChI=1S/C13H23N5/c1-10-15-11(4-6-14)8-13(16-10)18(3)12-5-7-17(2)9-12/h8,12H,4-7,9,14H2,1-3H3/t12-/m1/s1. The third-order valence-corrected chi connectivity index (χ3v) is 3.55. The zero-order chi connectivity index (χ0) is 13.1. The minimum atomic E-state index is 0.551. The Hall–Kier alpha value is -1.20. The van der Waals surface area contributed by atoms with Crippen molar-refractivity contribution in [2.75, 3.05) is 38.6 Å². The highest BCUT2D eigenvalue weighted by Crippen LogP contribution is 2.19. The average Bonchev–Trinajstić information content (AvgIpc) is 2.74. The third-order valence-electron chi connectivity index (χ3n) is 3.55. The van der Waals surface area contributed by atoms with E-state index in [4.69, 9.17) is 5.73 Å². The number of hydrogen-bond acceptors (Lipinski definition) is 5. The topological polar surface area (TPSA) is 58.3 Å². The van der Waals surface area contributed by atoms with Crippen molar-refractivity contribution in [2.24, 2.45) is 5.73 Å². The molecular weight excluding hydrogens is 226 g/mol. The maximum absolute atomic E-state index is 5.60. The average molecular weight is 249 g/mol. The van der Waals surface area contributed by atoms with Gasteiger partial charge >= 0.3 is 0 Å². The van der Waals surface area contributed by atoms with Crippen LogP contribution in [0.25, 0.3) is 0 Å². The monoisotopic (exact) mass is 249 g/mol. The molecule has 1 aromatic heterocycles. The van der Waals surface area contributed by atoms with Gasteiger partial charge in [-0.05, 0) is 33.5 Å². The van der Waals surface area contributed by atoms with Crippen molar-refractivity contribution in [3.63, 3.8) is 0 Å². The maximum Gasteiger partial charge on any atom is 0.132 e. The molecule has 1 fully saturated rings. The number of likely N-dealkylation sites (N-methyl/N-ethyl adjacent to an activating group) is 2. The number of aromatic nitrogens is 2. The highest BCUT2D eigenvalue weighted by atomic mass is 15.3. The number of nitrogens with two attached hydrogens (primary N) is 1. The molecule has 100 valence electrons. The molecule has 0 saturated carbocycles. The Morgan fingerprint density at radius 1 is 1.50 bits per heavy atom. The van der Waals surface area contributed by atoms with Gasteiger partial charge in [0, 0.05) is 37.8 Å². The van der Waals surface area contributed by atoms with Crippen LogP contribution in [0.4, 0.5) is 5.82 Å². The fourth-order valence-electron chi connectivity index (χ4n) is 2.48. The van der Waals surface area contributed by atoms with Crippen LogP contribution in [0.3, 0.4) is 0 Å². The molecule has 1 aliphatic rings. The number of anilines is 1. The molecule has 2 rings (SSSR count). The normalized spacial score (nSPS) is 20.3. The molecule has 1 saturated heterocycles. The van der Waals surface area contributed by atoms with Crippen molar-refractivity contribution in [1.29, 1.82) is 0 Å². The van der Waals surface area contributed by atoms with E-state index < -0.39 is 0 Å². The SMILES string of the molecule is Cc1nc(CCN)cc(N(C)[C@@H]2CCN(C)C2)n1. The lowest BCUT2D eigenvalue weighted by molar-refractivity contribution is 0.409. The fraction of sp³-hybridized carbons (Fsp3) is 0.692. The summed E-state index contributed by atoms with van der Waals surface area (Å²) in [6.45, 7) is 4.84. The van der Waals surface area contributed by atoms with Gasteiger partial charge in [-0.2, -0.15) is 0 Å². The maximum atomic E-state index is 5.60. The summed E-state index contributed by atoms with van der Waals surface area (Å²) in [5.74, 6) is 1.85. The van der Waals surface area contributed by atoms with Crippen molar-refractivity contribution in [3.05, 3.63) is 17.6 Å². The van der Waals surface area contributed by atoms with E-state index in [1.165, 1.54) is 6.42 Å². The van der Waals surface area contributed by atoms with Gasteiger partial charge in [0.05, 0.1) is 0 Å². The molecule has 0 aliphatic carbocycles. The summed E-state index contributed by atoms with van der Waals surface area (Å²) in [7, 11) is 4.29. The molecule has 18 heavy (non-hydrogen) atoms. The van der Waals surface area contributed by atoms with E-state index in [1.54, 1.807) is 0 Å². The second-order valence-electron chi connectivity index (χ2n) is 5.12. The Labute approximate surface area is 109 Å². The first-order valence-electron chi connectivity index (χ1n) is 6.56. The molecule has 1 aliphatic heterocycles. The van der Waals surface area contributed by atoms with Gasteiger partial charge in [0.2, 0.25) is 0 Å². The number of rotatable bonds is 4. The van der Waals surface area contributed by atoms with E-state index in [2.05, 4.69) is 39.9 Å². The molecule has 0 unspecified atom stereocenters. The van der Waals surface area contributed by atoms with Crippen LogP contribution in [0.15, 0.2) is 6.07 Å². The molecule has 1 aromatic rings. The summed E-state index contributed by atoms with van der Waals surface area (Å²) in [5.41, 5.74) is 6.64. The van der Waals surface area contributed by atoms with Crippen LogP contribution in [-0.2, 0) is 6.42 Å². The van der Waals surface area contributed by atoms with Gasteiger partial charge in [0.25, 0.3) is 0 Å². The first kappa shape index (κ1) is 13.2. The summed E-state index contributed by atoms with van der Waals surface area (Å²) in [4.78, 5) is 13.6. The molecule has 5 nitrogen and oxygen atoms in total. The van der Waals surface area contributed by atoms with Crippen molar-refractivity contribution in [1.82, 2.24) is 14.9 Å². The highest BCUT2D eigenvalue weighted by Gasteiger charge is 2.24. The number of nitrogens with zero attached hydrogens (tertiary/aromatic N) is 4. The van der Waals surface area contributed by atoms with Crippen LogP contribution < -0.4 is 10.6 Å². The van der Waals surface area contributed by atoms with E-state index in [0.717, 1.165) is 36.8 Å². The fourth-order valence-corrected chi connectivity index (χ4v) is 2.48. The van der Waals surface area contributed by atoms with Crippen molar-refractivity contribution < 1.29 is 0 Å². The molecular formula is C13H23N5. The lowest BCUT2D eigenvalue weighted by atomic mass is 10.2. The summed E-state index contributed by atoms with van der Waals surface area (Å²) in [6.07, 6.45) is 2.01. The molecule has 0 radical (unpaired) electrons. The van der Waals surface area contributed by atoms with Crippen molar-refractivity contribution >= 4 is 5.82 Å². The summed E-state index contributed by atoms with van der Waals surface area (Å²) in [5, 5.41) is 0. The Kier molecular flexibility index (Phi) is 4.14. The molecule has 1 atom stereocenters. The molecule has 0 bridgehead atoms. The molecule has 0 amide bonds. The van der Waals surface area contributed by atoms with Gasteiger partial charge in [-0.1, -0.05) is 0 Å². The van der Waals surface area contributed by atoms with Crippen molar-refractivity contribution in [2.45, 2.75) is 25.8 Å². The number of aryl methyl sites for hydroxylation is 1. The van der Waals surface area contributed by atoms with E-state index >= 15 is 0 Å². The largest absolute Gasteiger partial charge is 0.355 e. The molecule has 2 N–H and O–H groups in total. The Morgan fingerprint density at radius 2 is 2.28 bits per heavy atom. The Morgan fingerprint density at radius 3 is 2.89 bits per heavy atom. The lowest BCUT2D eigenvalue weighted by Gasteiger charge is -2.26. The quantitative estimate of drug-likeness (QED) is 0.838. The van der Waals surface area contributed by atoms with E-state index in [-0.39, 0.29) is 0 Å². The summed E-state index contributed by atoms with van der Waals surface area (Å²) in [6, 6.07) is 2.62. The number of likely N-dealkylation sites (tertiary alicyclic amines) is 1. The van der Waals surface area contributed by atoms with Crippen LogP contribution in [0.2, 0.25) is 0 Å². The predicted octanol–water partition coefficient (Wildman–Crippen LogP) is 0.427. The van der Waals surface area contributed by atoms with E-state index in [1.807, 2.05) is 6.92 Å². The van der Waals surface area contributed by atoms with Gasteiger partial charge in [-0.25, -0.2) is 9.97 Å². The minimum absolute atomic E-state index is 0.551.